The molecule has 2 aliphatic heterocycles. The van der Waals surface area contributed by atoms with E-state index < -0.39 is 11.9 Å². The summed E-state index contributed by atoms with van der Waals surface area (Å²) >= 11 is 0. The van der Waals surface area contributed by atoms with Crippen LogP contribution in [0, 0.1) is 5.92 Å². The van der Waals surface area contributed by atoms with E-state index in [0.717, 1.165) is 32.2 Å². The fourth-order valence-electron chi connectivity index (χ4n) is 4.50. The van der Waals surface area contributed by atoms with Crippen LogP contribution >= 0.6 is 0 Å². The largest absolute Gasteiger partial charge is 0.463 e. The van der Waals surface area contributed by atoms with Crippen molar-refractivity contribution < 1.29 is 23.9 Å². The molecule has 0 aromatic rings. The Bertz CT molecular complexity index is 645. The Morgan fingerprint density at radius 1 is 1.16 bits per heavy atom. The summed E-state index contributed by atoms with van der Waals surface area (Å²) in [5.41, 5.74) is -0.714. The first-order chi connectivity index (χ1) is 14.5. The zero-order chi connectivity index (χ0) is 23.2. The second-order valence-electron chi connectivity index (χ2n) is 9.82. The number of nitrogens with zero attached hydrogens (tertiary/aromatic N) is 3. The minimum atomic E-state index is -0.772. The summed E-state index contributed by atoms with van der Waals surface area (Å²) in [5, 5.41) is 0. The van der Waals surface area contributed by atoms with Crippen molar-refractivity contribution in [3.05, 3.63) is 0 Å². The molecule has 1 amide bonds. The minimum Gasteiger partial charge on any atom is -0.463 e. The highest BCUT2D eigenvalue weighted by Crippen LogP contribution is 2.31. The van der Waals surface area contributed by atoms with Gasteiger partial charge in [0.15, 0.2) is 0 Å². The number of methoxy groups -OCH3 is 1. The van der Waals surface area contributed by atoms with Crippen molar-refractivity contribution in [3.8, 4) is 0 Å². The van der Waals surface area contributed by atoms with Gasteiger partial charge in [-0.1, -0.05) is 0 Å². The normalized spacial score (nSPS) is 29.3. The zero-order valence-corrected chi connectivity index (χ0v) is 20.2. The van der Waals surface area contributed by atoms with E-state index in [1.54, 1.807) is 14.0 Å². The van der Waals surface area contributed by atoms with Gasteiger partial charge in [0.1, 0.15) is 18.3 Å². The molecule has 0 aliphatic carbocycles. The molecule has 2 aliphatic rings. The van der Waals surface area contributed by atoms with Gasteiger partial charge >= 0.3 is 5.97 Å². The van der Waals surface area contributed by atoms with Gasteiger partial charge in [-0.3, -0.25) is 19.3 Å². The van der Waals surface area contributed by atoms with E-state index in [0.29, 0.717) is 32.5 Å². The molecular formula is C23H41N3O5. The molecule has 0 bridgehead atoms. The predicted octanol–water partition coefficient (Wildman–Crippen LogP) is 1.57. The van der Waals surface area contributed by atoms with Crippen LogP contribution in [0.1, 0.15) is 52.4 Å². The number of ether oxygens (including phenoxy) is 2. The van der Waals surface area contributed by atoms with E-state index in [1.165, 1.54) is 0 Å². The number of esters is 1. The van der Waals surface area contributed by atoms with Crippen LogP contribution in [0.2, 0.25) is 0 Å². The first kappa shape index (κ1) is 25.7. The third kappa shape index (κ3) is 6.73. The van der Waals surface area contributed by atoms with Crippen LogP contribution in [0.5, 0.6) is 0 Å². The molecule has 0 aromatic heterocycles. The van der Waals surface area contributed by atoms with Crippen molar-refractivity contribution >= 4 is 17.7 Å². The number of amides is 1. The molecule has 0 saturated carbocycles. The second-order valence-corrected chi connectivity index (χ2v) is 9.82. The van der Waals surface area contributed by atoms with Gasteiger partial charge in [-0.25, -0.2) is 0 Å². The highest BCUT2D eigenvalue weighted by Gasteiger charge is 2.41. The van der Waals surface area contributed by atoms with E-state index in [-0.39, 0.29) is 29.4 Å². The van der Waals surface area contributed by atoms with Crippen LogP contribution in [0.3, 0.4) is 0 Å². The highest BCUT2D eigenvalue weighted by atomic mass is 16.5. The van der Waals surface area contributed by atoms with Crippen LogP contribution in [0.15, 0.2) is 0 Å². The van der Waals surface area contributed by atoms with Gasteiger partial charge in [0, 0.05) is 26.6 Å². The van der Waals surface area contributed by atoms with Crippen LogP contribution < -0.4 is 0 Å². The number of cyclic esters (lactones) is 1. The minimum absolute atomic E-state index is 0.0981. The van der Waals surface area contributed by atoms with E-state index in [4.69, 9.17) is 9.47 Å². The number of likely N-dealkylation sites (tertiary alicyclic amines) is 1. The van der Waals surface area contributed by atoms with Crippen molar-refractivity contribution in [1.29, 1.82) is 0 Å². The van der Waals surface area contributed by atoms with Crippen molar-refractivity contribution in [1.82, 2.24) is 14.7 Å². The lowest BCUT2D eigenvalue weighted by Gasteiger charge is -2.47. The Morgan fingerprint density at radius 2 is 1.81 bits per heavy atom. The third-order valence-electron chi connectivity index (χ3n) is 7.22. The molecule has 0 N–H and O–H groups in total. The fourth-order valence-corrected chi connectivity index (χ4v) is 4.50. The lowest BCUT2D eigenvalue weighted by Crippen LogP contribution is -2.58. The van der Waals surface area contributed by atoms with Gasteiger partial charge < -0.3 is 19.3 Å². The molecule has 1 unspecified atom stereocenters. The molecule has 2 heterocycles. The van der Waals surface area contributed by atoms with E-state index in [2.05, 4.69) is 11.9 Å². The topological polar surface area (TPSA) is 79.4 Å². The molecule has 1 spiro atoms. The molecule has 2 saturated heterocycles. The zero-order valence-electron chi connectivity index (χ0n) is 20.2. The average molecular weight is 440 g/mol. The Morgan fingerprint density at radius 3 is 2.39 bits per heavy atom. The molecule has 2 rings (SSSR count). The molecule has 8 nitrogen and oxygen atoms in total. The first-order valence-corrected chi connectivity index (χ1v) is 11.4. The van der Waals surface area contributed by atoms with Gasteiger partial charge in [0.2, 0.25) is 5.91 Å². The van der Waals surface area contributed by atoms with Gasteiger partial charge in [-0.2, -0.15) is 0 Å². The van der Waals surface area contributed by atoms with E-state index >= 15 is 0 Å². The average Bonchev–Trinajstić information content (AvgIpc) is 2.74. The number of likely N-dealkylation sites (N-methyl/N-ethyl adjacent to an activating group) is 2. The summed E-state index contributed by atoms with van der Waals surface area (Å²) in [5.74, 6) is -1.20. The number of carbonyl (C=O) groups excluding carboxylic acids is 3. The van der Waals surface area contributed by atoms with Crippen molar-refractivity contribution in [3.63, 3.8) is 0 Å². The standard InChI is InChI=1S/C23H41N3O5/c1-18-19(27)8-10-22(2,30-6)9-7-13-25(5)23(17-31-21(18)29)11-14-26(15-12-23)20(28)16-24(3)4/h18H,7-17H2,1-6H3/t18?,22-/m1/s1. The van der Waals surface area contributed by atoms with Crippen molar-refractivity contribution in [2.45, 2.75) is 63.5 Å². The van der Waals surface area contributed by atoms with Crippen LogP contribution in [0.4, 0.5) is 0 Å². The van der Waals surface area contributed by atoms with Gasteiger partial charge in [-0.05, 0) is 73.6 Å². The number of Topliss-reactive ketones (excluding diaryl/α,β-unsaturated/α-hetero) is 1. The Labute approximate surface area is 187 Å². The maximum atomic E-state index is 12.6. The van der Waals surface area contributed by atoms with Crippen LogP contribution in [0.25, 0.3) is 0 Å². The monoisotopic (exact) mass is 439 g/mol. The number of hydrogen-bond acceptors (Lipinski definition) is 7. The Hall–Kier alpha value is -1.51. The molecular weight excluding hydrogens is 398 g/mol. The van der Waals surface area contributed by atoms with Crippen LogP contribution in [-0.4, -0.2) is 105 Å². The quantitative estimate of drug-likeness (QED) is 0.488. The fraction of sp³-hybridized carbons (Fsp3) is 0.870. The first-order valence-electron chi connectivity index (χ1n) is 11.4. The summed E-state index contributed by atoms with van der Waals surface area (Å²) < 4.78 is 11.4. The van der Waals surface area contributed by atoms with Gasteiger partial charge in [0.05, 0.1) is 17.7 Å². The van der Waals surface area contributed by atoms with E-state index in [1.807, 2.05) is 30.8 Å². The molecule has 0 radical (unpaired) electrons. The molecule has 178 valence electrons. The number of rotatable bonds is 3. The Kier molecular flexibility index (Phi) is 9.03. The summed E-state index contributed by atoms with van der Waals surface area (Å²) in [7, 11) is 7.54. The SMILES string of the molecule is CO[C@]1(C)CCCN(C)C2(CCN(C(=O)CN(C)C)CC2)COC(=O)C(C)C(=O)CC1. The number of ketones is 1. The van der Waals surface area contributed by atoms with Gasteiger partial charge in [0.25, 0.3) is 0 Å². The predicted molar refractivity (Wildman–Crippen MR) is 119 cm³/mol. The van der Waals surface area contributed by atoms with Crippen molar-refractivity contribution in [2.75, 3.05) is 61.0 Å². The van der Waals surface area contributed by atoms with E-state index in [9.17, 15) is 14.4 Å². The maximum Gasteiger partial charge on any atom is 0.316 e. The molecule has 2 atom stereocenters. The van der Waals surface area contributed by atoms with Gasteiger partial charge in [-0.15, -0.1) is 0 Å². The summed E-state index contributed by atoms with van der Waals surface area (Å²) in [6, 6.07) is 0. The molecule has 2 fully saturated rings. The lowest BCUT2D eigenvalue weighted by molar-refractivity contribution is -0.157. The molecule has 8 heteroatoms. The highest BCUT2D eigenvalue weighted by molar-refractivity contribution is 5.98. The molecule has 0 aromatic carbocycles. The Balaban J connectivity index is 2.16. The summed E-state index contributed by atoms with van der Waals surface area (Å²) in [6.07, 6.45) is 4.14. The smallest absolute Gasteiger partial charge is 0.316 e. The number of hydrogen-bond donors (Lipinski definition) is 0. The maximum absolute atomic E-state index is 12.6. The van der Waals surface area contributed by atoms with Crippen LogP contribution in [-0.2, 0) is 23.9 Å². The number of piperidine rings is 1. The number of carbonyl (C=O) groups is 3. The van der Waals surface area contributed by atoms with Crippen molar-refractivity contribution in [2.24, 2.45) is 5.92 Å². The summed E-state index contributed by atoms with van der Waals surface area (Å²) in [4.78, 5) is 43.7. The lowest BCUT2D eigenvalue weighted by atomic mass is 9.86. The third-order valence-corrected chi connectivity index (χ3v) is 7.22. The summed E-state index contributed by atoms with van der Waals surface area (Å²) in [6.45, 7) is 6.43. The second kappa shape index (κ2) is 10.9. The molecule has 31 heavy (non-hydrogen) atoms.